The van der Waals surface area contributed by atoms with E-state index in [1.807, 2.05) is 18.7 Å². The molecule has 2 aliphatic rings. The fourth-order valence-corrected chi connectivity index (χ4v) is 2.83. The Morgan fingerprint density at radius 3 is 2.42 bits per heavy atom. The van der Waals surface area contributed by atoms with Crippen molar-refractivity contribution in [3.63, 3.8) is 0 Å². The number of piperidine rings is 1. The monoisotopic (exact) mass is 267 g/mol. The number of carbonyl (C=O) groups is 2. The van der Waals surface area contributed by atoms with Crippen LogP contribution in [0.4, 0.5) is 0 Å². The summed E-state index contributed by atoms with van der Waals surface area (Å²) in [5.74, 6) is 1.10. The van der Waals surface area contributed by atoms with Crippen LogP contribution in [0.1, 0.15) is 26.7 Å². The van der Waals surface area contributed by atoms with Crippen molar-refractivity contribution in [1.82, 2.24) is 15.5 Å². The molecule has 0 saturated carbocycles. The topological polar surface area (TPSA) is 61.4 Å². The maximum atomic E-state index is 12.3. The lowest BCUT2D eigenvalue weighted by molar-refractivity contribution is -0.140. The minimum absolute atomic E-state index is 0.0877. The summed E-state index contributed by atoms with van der Waals surface area (Å²) < 4.78 is 0. The lowest BCUT2D eigenvalue weighted by Crippen LogP contribution is -2.52. The normalized spacial score (nSPS) is 22.7. The van der Waals surface area contributed by atoms with Crippen LogP contribution in [0.5, 0.6) is 0 Å². The van der Waals surface area contributed by atoms with Crippen LogP contribution in [0.3, 0.4) is 0 Å². The SMILES string of the molecule is CCNC(=O)C1CCN(C(=O)C(C)C2CNC2)CC1. The Balaban J connectivity index is 1.79. The predicted octanol–water partition coefficient (Wildman–Crippen LogP) is 0.217. The van der Waals surface area contributed by atoms with E-state index in [0.29, 0.717) is 12.5 Å². The van der Waals surface area contributed by atoms with E-state index in [4.69, 9.17) is 0 Å². The molecular weight excluding hydrogens is 242 g/mol. The minimum Gasteiger partial charge on any atom is -0.356 e. The van der Waals surface area contributed by atoms with Gasteiger partial charge in [-0.1, -0.05) is 6.92 Å². The third-order valence-electron chi connectivity index (χ3n) is 4.44. The van der Waals surface area contributed by atoms with Crippen LogP contribution in [0, 0.1) is 17.8 Å². The molecule has 0 spiro atoms. The third-order valence-corrected chi connectivity index (χ3v) is 4.44. The highest BCUT2D eigenvalue weighted by atomic mass is 16.2. The predicted molar refractivity (Wildman–Crippen MR) is 73.5 cm³/mol. The van der Waals surface area contributed by atoms with Gasteiger partial charge in [0.1, 0.15) is 0 Å². The summed E-state index contributed by atoms with van der Waals surface area (Å²) in [6.45, 7) is 8.03. The molecule has 2 heterocycles. The molecule has 0 aromatic heterocycles. The number of rotatable bonds is 4. The Morgan fingerprint density at radius 1 is 1.32 bits per heavy atom. The molecule has 1 unspecified atom stereocenters. The number of hydrogen-bond donors (Lipinski definition) is 2. The van der Waals surface area contributed by atoms with Crippen molar-refractivity contribution < 1.29 is 9.59 Å². The average Bonchev–Trinajstić information content (AvgIpc) is 2.36. The second-order valence-electron chi connectivity index (χ2n) is 5.70. The van der Waals surface area contributed by atoms with Crippen LogP contribution in [0.15, 0.2) is 0 Å². The molecule has 2 rings (SSSR count). The first-order chi connectivity index (χ1) is 9.13. The van der Waals surface area contributed by atoms with E-state index in [9.17, 15) is 9.59 Å². The molecule has 0 aromatic rings. The van der Waals surface area contributed by atoms with Gasteiger partial charge in [-0.05, 0) is 38.8 Å². The minimum atomic E-state index is 0.0877. The quantitative estimate of drug-likeness (QED) is 0.766. The molecule has 1 atom stereocenters. The fourth-order valence-electron chi connectivity index (χ4n) is 2.83. The Labute approximate surface area is 115 Å². The zero-order chi connectivity index (χ0) is 13.8. The number of nitrogens with zero attached hydrogens (tertiary/aromatic N) is 1. The molecule has 0 bridgehead atoms. The van der Waals surface area contributed by atoms with Crippen molar-refractivity contribution >= 4 is 11.8 Å². The number of hydrogen-bond acceptors (Lipinski definition) is 3. The van der Waals surface area contributed by atoms with Gasteiger partial charge in [-0.3, -0.25) is 9.59 Å². The first kappa shape index (κ1) is 14.3. The van der Waals surface area contributed by atoms with Crippen molar-refractivity contribution in [3.8, 4) is 0 Å². The Morgan fingerprint density at radius 2 is 1.95 bits per heavy atom. The van der Waals surface area contributed by atoms with Crippen LogP contribution in [-0.4, -0.2) is 49.4 Å². The fraction of sp³-hybridized carbons (Fsp3) is 0.857. The van der Waals surface area contributed by atoms with E-state index >= 15 is 0 Å². The molecule has 2 amide bonds. The van der Waals surface area contributed by atoms with Gasteiger partial charge in [-0.15, -0.1) is 0 Å². The van der Waals surface area contributed by atoms with Crippen LogP contribution in [0.2, 0.25) is 0 Å². The van der Waals surface area contributed by atoms with Crippen LogP contribution in [0.25, 0.3) is 0 Å². The zero-order valence-electron chi connectivity index (χ0n) is 11.9. The van der Waals surface area contributed by atoms with Gasteiger partial charge in [-0.2, -0.15) is 0 Å². The molecule has 0 radical (unpaired) electrons. The molecule has 2 fully saturated rings. The highest BCUT2D eigenvalue weighted by molar-refractivity contribution is 5.81. The third kappa shape index (κ3) is 3.26. The molecule has 2 N–H and O–H groups in total. The lowest BCUT2D eigenvalue weighted by atomic mass is 9.87. The molecule has 0 aromatic carbocycles. The largest absolute Gasteiger partial charge is 0.356 e. The summed E-state index contributed by atoms with van der Waals surface area (Å²) in [6.07, 6.45) is 1.60. The summed E-state index contributed by atoms with van der Waals surface area (Å²) in [7, 11) is 0. The van der Waals surface area contributed by atoms with Crippen LogP contribution < -0.4 is 10.6 Å². The Kier molecular flexibility index (Phi) is 4.80. The van der Waals surface area contributed by atoms with E-state index in [2.05, 4.69) is 10.6 Å². The van der Waals surface area contributed by atoms with Gasteiger partial charge in [0, 0.05) is 31.5 Å². The first-order valence-corrected chi connectivity index (χ1v) is 7.40. The molecule has 0 aliphatic carbocycles. The maximum absolute atomic E-state index is 12.3. The number of likely N-dealkylation sites (tertiary alicyclic amines) is 1. The highest BCUT2D eigenvalue weighted by Crippen LogP contribution is 2.23. The first-order valence-electron chi connectivity index (χ1n) is 7.40. The van der Waals surface area contributed by atoms with Crippen molar-refractivity contribution in [1.29, 1.82) is 0 Å². The summed E-state index contributed by atoms with van der Waals surface area (Å²) in [5, 5.41) is 6.08. The van der Waals surface area contributed by atoms with E-state index in [1.165, 1.54) is 0 Å². The van der Waals surface area contributed by atoms with Gasteiger partial charge in [0.25, 0.3) is 0 Å². The van der Waals surface area contributed by atoms with Crippen LogP contribution in [-0.2, 0) is 9.59 Å². The van der Waals surface area contributed by atoms with E-state index in [0.717, 1.165) is 39.0 Å². The van der Waals surface area contributed by atoms with E-state index < -0.39 is 0 Å². The summed E-state index contributed by atoms with van der Waals surface area (Å²) >= 11 is 0. The second-order valence-corrected chi connectivity index (χ2v) is 5.70. The van der Waals surface area contributed by atoms with Gasteiger partial charge < -0.3 is 15.5 Å². The Hall–Kier alpha value is -1.10. The number of amides is 2. The van der Waals surface area contributed by atoms with Crippen molar-refractivity contribution in [2.24, 2.45) is 17.8 Å². The van der Waals surface area contributed by atoms with Gasteiger partial charge >= 0.3 is 0 Å². The van der Waals surface area contributed by atoms with Gasteiger partial charge in [0.2, 0.25) is 11.8 Å². The van der Waals surface area contributed by atoms with Crippen molar-refractivity contribution in [2.45, 2.75) is 26.7 Å². The lowest BCUT2D eigenvalue weighted by Gasteiger charge is -2.37. The van der Waals surface area contributed by atoms with Crippen LogP contribution >= 0.6 is 0 Å². The average molecular weight is 267 g/mol. The molecule has 19 heavy (non-hydrogen) atoms. The van der Waals surface area contributed by atoms with E-state index in [1.54, 1.807) is 0 Å². The standard InChI is InChI=1S/C14H25N3O2/c1-3-16-13(18)11-4-6-17(7-5-11)14(19)10(2)12-8-15-9-12/h10-12,15H,3-9H2,1-2H3,(H,16,18). The summed E-state index contributed by atoms with van der Waals surface area (Å²) in [4.78, 5) is 26.0. The van der Waals surface area contributed by atoms with Gasteiger partial charge in [0.05, 0.1) is 0 Å². The van der Waals surface area contributed by atoms with Crippen molar-refractivity contribution in [2.75, 3.05) is 32.7 Å². The van der Waals surface area contributed by atoms with Crippen molar-refractivity contribution in [3.05, 3.63) is 0 Å². The maximum Gasteiger partial charge on any atom is 0.225 e. The van der Waals surface area contributed by atoms with Gasteiger partial charge in [-0.25, -0.2) is 0 Å². The number of nitrogens with one attached hydrogen (secondary N) is 2. The Bertz CT molecular complexity index is 334. The van der Waals surface area contributed by atoms with Gasteiger partial charge in [0.15, 0.2) is 0 Å². The number of carbonyl (C=O) groups excluding carboxylic acids is 2. The second kappa shape index (κ2) is 6.37. The van der Waals surface area contributed by atoms with E-state index in [-0.39, 0.29) is 23.7 Å². The smallest absolute Gasteiger partial charge is 0.225 e. The summed E-state index contributed by atoms with van der Waals surface area (Å²) in [5.41, 5.74) is 0. The highest BCUT2D eigenvalue weighted by Gasteiger charge is 2.34. The zero-order valence-corrected chi connectivity index (χ0v) is 11.9. The molecule has 2 aliphatic heterocycles. The summed E-state index contributed by atoms with van der Waals surface area (Å²) in [6, 6.07) is 0. The molecular formula is C14H25N3O2. The molecule has 5 nitrogen and oxygen atoms in total. The molecule has 2 saturated heterocycles. The molecule has 108 valence electrons. The molecule has 5 heteroatoms.